The molecule has 1 unspecified atom stereocenters. The van der Waals surface area contributed by atoms with E-state index in [-0.39, 0.29) is 6.04 Å². The van der Waals surface area contributed by atoms with Crippen molar-refractivity contribution in [1.29, 1.82) is 0 Å². The van der Waals surface area contributed by atoms with Crippen molar-refractivity contribution in [2.45, 2.75) is 29.7 Å². The molecule has 1 aliphatic rings. The summed E-state index contributed by atoms with van der Waals surface area (Å²) in [6.45, 7) is 1.37. The van der Waals surface area contributed by atoms with Gasteiger partial charge in [-0.15, -0.1) is 11.6 Å². The van der Waals surface area contributed by atoms with Crippen LogP contribution in [-0.4, -0.2) is 50.8 Å². The summed E-state index contributed by atoms with van der Waals surface area (Å²) in [5.74, 6) is 0.396. The Labute approximate surface area is 126 Å². The number of nitrogens with zero attached hydrogens (tertiary/aromatic N) is 2. The zero-order valence-corrected chi connectivity index (χ0v) is 13.5. The lowest BCUT2D eigenvalue weighted by atomic mass is 10.2. The molecule has 1 aromatic rings. The fraction of sp³-hybridized carbons (Fsp3) is 0.571. The number of alkyl halides is 1. The van der Waals surface area contributed by atoms with Crippen molar-refractivity contribution in [3.8, 4) is 0 Å². The van der Waals surface area contributed by atoms with Crippen molar-refractivity contribution in [2.75, 3.05) is 27.2 Å². The van der Waals surface area contributed by atoms with Gasteiger partial charge in [0.25, 0.3) is 0 Å². The van der Waals surface area contributed by atoms with Crippen molar-refractivity contribution in [2.24, 2.45) is 0 Å². The number of sulfonamides is 1. The number of benzene rings is 1. The highest BCUT2D eigenvalue weighted by Gasteiger charge is 2.35. The molecule has 1 atom stereocenters. The molecule has 1 saturated heterocycles. The van der Waals surface area contributed by atoms with E-state index < -0.39 is 10.0 Å². The maximum absolute atomic E-state index is 12.7. The number of hydrogen-bond acceptors (Lipinski definition) is 3. The van der Waals surface area contributed by atoms with Crippen molar-refractivity contribution in [3.63, 3.8) is 0 Å². The maximum Gasteiger partial charge on any atom is 0.243 e. The predicted octanol–water partition coefficient (Wildman–Crippen LogP) is 2.14. The third kappa shape index (κ3) is 3.34. The summed E-state index contributed by atoms with van der Waals surface area (Å²) in [7, 11) is 0.546. The lowest BCUT2D eigenvalue weighted by molar-refractivity contribution is 0.291. The molecule has 0 N–H and O–H groups in total. The van der Waals surface area contributed by atoms with Gasteiger partial charge in [-0.1, -0.05) is 12.1 Å². The van der Waals surface area contributed by atoms with Crippen molar-refractivity contribution < 1.29 is 8.42 Å². The standard InChI is InChI=1S/C14H21ClN2O2S/c1-16(2)11-13-4-3-9-17(13)20(18,19)14-7-5-12(10-15)6-8-14/h5-8,13H,3-4,9-11H2,1-2H3. The first-order valence-corrected chi connectivity index (χ1v) is 8.74. The van der Waals surface area contributed by atoms with E-state index in [0.717, 1.165) is 24.9 Å². The number of halogens is 1. The molecule has 0 saturated carbocycles. The molecule has 1 fully saturated rings. The Morgan fingerprint density at radius 2 is 1.95 bits per heavy atom. The molecule has 0 amide bonds. The summed E-state index contributed by atoms with van der Waals surface area (Å²) in [4.78, 5) is 2.40. The van der Waals surface area contributed by atoms with Gasteiger partial charge in [0, 0.05) is 25.0 Å². The summed E-state index contributed by atoms with van der Waals surface area (Å²) in [6.07, 6.45) is 1.86. The van der Waals surface area contributed by atoms with E-state index in [1.807, 2.05) is 19.0 Å². The fourth-order valence-electron chi connectivity index (χ4n) is 2.62. The summed E-state index contributed by atoms with van der Waals surface area (Å²) >= 11 is 5.74. The van der Waals surface area contributed by atoms with E-state index >= 15 is 0 Å². The first-order valence-electron chi connectivity index (χ1n) is 6.76. The Hall–Kier alpha value is -0.620. The van der Waals surface area contributed by atoms with Crippen LogP contribution in [0.25, 0.3) is 0 Å². The zero-order valence-electron chi connectivity index (χ0n) is 11.9. The fourth-order valence-corrected chi connectivity index (χ4v) is 4.48. The van der Waals surface area contributed by atoms with Crippen LogP contribution in [-0.2, 0) is 15.9 Å². The van der Waals surface area contributed by atoms with Crippen molar-refractivity contribution >= 4 is 21.6 Å². The van der Waals surface area contributed by atoms with Gasteiger partial charge < -0.3 is 4.90 Å². The number of hydrogen-bond donors (Lipinski definition) is 0. The first kappa shape index (κ1) is 15.8. The van der Waals surface area contributed by atoms with Gasteiger partial charge in [0.2, 0.25) is 10.0 Å². The average Bonchev–Trinajstić information content (AvgIpc) is 2.87. The Balaban J connectivity index is 2.24. The minimum Gasteiger partial charge on any atom is -0.308 e. The summed E-state index contributed by atoms with van der Waals surface area (Å²) in [5.41, 5.74) is 0.928. The molecule has 0 aromatic heterocycles. The van der Waals surface area contributed by atoms with Gasteiger partial charge in [-0.25, -0.2) is 8.42 Å². The second-order valence-corrected chi connectivity index (χ2v) is 7.61. The van der Waals surface area contributed by atoms with E-state index in [9.17, 15) is 8.42 Å². The molecule has 0 spiro atoms. The van der Waals surface area contributed by atoms with Crippen LogP contribution < -0.4 is 0 Å². The van der Waals surface area contributed by atoms with Gasteiger partial charge in [-0.2, -0.15) is 4.31 Å². The molecule has 112 valence electrons. The molecular weight excluding hydrogens is 296 g/mol. The maximum atomic E-state index is 12.7. The van der Waals surface area contributed by atoms with E-state index in [2.05, 4.69) is 0 Å². The monoisotopic (exact) mass is 316 g/mol. The highest BCUT2D eigenvalue weighted by atomic mass is 35.5. The van der Waals surface area contributed by atoms with Gasteiger partial charge in [-0.3, -0.25) is 0 Å². The van der Waals surface area contributed by atoms with E-state index in [0.29, 0.717) is 17.3 Å². The minimum absolute atomic E-state index is 0.0719. The van der Waals surface area contributed by atoms with Crippen LogP contribution in [0.3, 0.4) is 0 Å². The molecule has 6 heteroatoms. The Morgan fingerprint density at radius 1 is 1.30 bits per heavy atom. The van der Waals surface area contributed by atoms with Crippen LogP contribution in [0.15, 0.2) is 29.2 Å². The second kappa shape index (κ2) is 6.43. The van der Waals surface area contributed by atoms with Gasteiger partial charge >= 0.3 is 0 Å². The topological polar surface area (TPSA) is 40.6 Å². The molecule has 0 radical (unpaired) electrons. The van der Waals surface area contributed by atoms with Gasteiger partial charge in [0.15, 0.2) is 0 Å². The van der Waals surface area contributed by atoms with Crippen LogP contribution in [0.5, 0.6) is 0 Å². The molecule has 1 aromatic carbocycles. The van der Waals surface area contributed by atoms with E-state index in [1.165, 1.54) is 0 Å². The normalized spacial score (nSPS) is 20.7. The van der Waals surface area contributed by atoms with Crippen molar-refractivity contribution in [3.05, 3.63) is 29.8 Å². The molecule has 20 heavy (non-hydrogen) atoms. The molecule has 4 nitrogen and oxygen atoms in total. The summed E-state index contributed by atoms with van der Waals surface area (Å²) in [5, 5.41) is 0. The first-order chi connectivity index (χ1) is 9.45. The van der Waals surface area contributed by atoms with Crippen LogP contribution in [0.1, 0.15) is 18.4 Å². The molecule has 0 bridgehead atoms. The van der Waals surface area contributed by atoms with E-state index in [1.54, 1.807) is 28.6 Å². The molecule has 1 heterocycles. The summed E-state index contributed by atoms with van der Waals surface area (Å²) < 4.78 is 27.0. The largest absolute Gasteiger partial charge is 0.308 e. The minimum atomic E-state index is -3.39. The molecule has 0 aliphatic carbocycles. The van der Waals surface area contributed by atoms with Gasteiger partial charge in [0.05, 0.1) is 4.90 Å². The molecule has 1 aliphatic heterocycles. The SMILES string of the molecule is CN(C)CC1CCCN1S(=O)(=O)c1ccc(CCl)cc1. The Morgan fingerprint density at radius 3 is 2.50 bits per heavy atom. The Bertz CT molecular complexity index is 543. The van der Waals surface area contributed by atoms with Crippen LogP contribution >= 0.6 is 11.6 Å². The smallest absolute Gasteiger partial charge is 0.243 e. The van der Waals surface area contributed by atoms with Crippen molar-refractivity contribution in [1.82, 2.24) is 9.21 Å². The zero-order chi connectivity index (χ0) is 14.8. The third-order valence-corrected chi connectivity index (χ3v) is 5.86. The molecular formula is C14H21ClN2O2S. The lowest BCUT2D eigenvalue weighted by Crippen LogP contribution is -2.41. The van der Waals surface area contributed by atoms with Crippen LogP contribution in [0.2, 0.25) is 0 Å². The average molecular weight is 317 g/mol. The van der Waals surface area contributed by atoms with Gasteiger partial charge in [-0.05, 0) is 44.6 Å². The highest BCUT2D eigenvalue weighted by molar-refractivity contribution is 7.89. The number of likely N-dealkylation sites (N-methyl/N-ethyl adjacent to an activating group) is 1. The van der Waals surface area contributed by atoms with Crippen LogP contribution in [0, 0.1) is 0 Å². The highest BCUT2D eigenvalue weighted by Crippen LogP contribution is 2.26. The summed E-state index contributed by atoms with van der Waals surface area (Å²) in [6, 6.07) is 6.92. The number of rotatable bonds is 5. The molecule has 2 rings (SSSR count). The van der Waals surface area contributed by atoms with Gasteiger partial charge in [0.1, 0.15) is 0 Å². The second-order valence-electron chi connectivity index (χ2n) is 5.45. The predicted molar refractivity (Wildman–Crippen MR) is 81.5 cm³/mol. The lowest BCUT2D eigenvalue weighted by Gasteiger charge is -2.26. The third-order valence-electron chi connectivity index (χ3n) is 3.58. The Kier molecular flexibility index (Phi) is 5.07. The van der Waals surface area contributed by atoms with Crippen LogP contribution in [0.4, 0.5) is 0 Å². The van der Waals surface area contributed by atoms with E-state index in [4.69, 9.17) is 11.6 Å². The quantitative estimate of drug-likeness (QED) is 0.781.